The van der Waals surface area contributed by atoms with Gasteiger partial charge in [-0.2, -0.15) is 0 Å². The van der Waals surface area contributed by atoms with Gasteiger partial charge in [0.05, 0.1) is 0 Å². The highest BCUT2D eigenvalue weighted by molar-refractivity contribution is 5.82. The Morgan fingerprint density at radius 2 is 1.48 bits per heavy atom. The van der Waals surface area contributed by atoms with Gasteiger partial charge in [-0.15, -0.1) is 0 Å². The second kappa shape index (κ2) is 5.95. The fraction of sp³-hybridized carbons (Fsp3) is 0.263. The lowest BCUT2D eigenvalue weighted by Crippen LogP contribution is -2.44. The van der Waals surface area contributed by atoms with Gasteiger partial charge < -0.3 is 9.75 Å². The van der Waals surface area contributed by atoms with Crippen LogP contribution >= 0.6 is 0 Å². The number of ether oxygens (including phenoxy) is 1. The Morgan fingerprint density at radius 3 is 2.09 bits per heavy atom. The van der Waals surface area contributed by atoms with Crippen LogP contribution in [-0.2, 0) is 0 Å². The second-order valence-electron chi connectivity index (χ2n) is 5.99. The van der Waals surface area contributed by atoms with E-state index in [1.54, 1.807) is 12.1 Å². The van der Waals surface area contributed by atoms with Crippen molar-refractivity contribution in [2.24, 2.45) is 0 Å². The van der Waals surface area contributed by atoms with Crippen molar-refractivity contribution in [1.82, 2.24) is 4.68 Å². The molecular weight excluding hydrogens is 291 g/mol. The van der Waals surface area contributed by atoms with Crippen molar-refractivity contribution in [1.29, 1.82) is 0 Å². The summed E-state index contributed by atoms with van der Waals surface area (Å²) >= 11 is 0. The zero-order valence-electron chi connectivity index (χ0n) is 12.9. The molecule has 2 aromatic carbocycles. The number of halogens is 1. The molecule has 118 valence electrons. The molecule has 0 atom stereocenters. The highest BCUT2D eigenvalue weighted by Gasteiger charge is 2.21. The van der Waals surface area contributed by atoms with Crippen LogP contribution in [0.15, 0.2) is 60.9 Å². The third-order valence-corrected chi connectivity index (χ3v) is 4.40. The summed E-state index contributed by atoms with van der Waals surface area (Å²) in [5.41, 5.74) is 0. The predicted octanol–water partition coefficient (Wildman–Crippen LogP) is 3.96. The molecule has 0 radical (unpaired) electrons. The van der Waals surface area contributed by atoms with E-state index < -0.39 is 0 Å². The van der Waals surface area contributed by atoms with Crippen LogP contribution in [0.1, 0.15) is 12.8 Å². The lowest BCUT2D eigenvalue weighted by atomic mass is 10.1. The van der Waals surface area contributed by atoms with E-state index in [9.17, 15) is 4.39 Å². The summed E-state index contributed by atoms with van der Waals surface area (Å²) in [5.74, 6) is 0.517. The SMILES string of the molecule is Fc1ccc(OC2CCN(n3cc4ccccc4c3)CC2)cc1. The summed E-state index contributed by atoms with van der Waals surface area (Å²) in [6.45, 7) is 1.90. The van der Waals surface area contributed by atoms with Gasteiger partial charge in [0.1, 0.15) is 17.7 Å². The Morgan fingerprint density at radius 1 is 0.870 bits per heavy atom. The van der Waals surface area contributed by atoms with Crippen LogP contribution in [0.2, 0.25) is 0 Å². The first-order valence-corrected chi connectivity index (χ1v) is 8.02. The van der Waals surface area contributed by atoms with Gasteiger partial charge >= 0.3 is 0 Å². The van der Waals surface area contributed by atoms with Gasteiger partial charge in [-0.3, -0.25) is 4.68 Å². The van der Waals surface area contributed by atoms with E-state index in [2.05, 4.69) is 46.3 Å². The molecule has 0 saturated carbocycles. The van der Waals surface area contributed by atoms with Crippen molar-refractivity contribution < 1.29 is 9.13 Å². The summed E-state index contributed by atoms with van der Waals surface area (Å²) in [5, 5.41) is 4.86. The van der Waals surface area contributed by atoms with Gasteiger partial charge in [0, 0.05) is 49.1 Å². The van der Waals surface area contributed by atoms with Crippen LogP contribution in [0.25, 0.3) is 10.8 Å². The largest absolute Gasteiger partial charge is 0.490 e. The molecule has 1 aliphatic rings. The highest BCUT2D eigenvalue weighted by Crippen LogP contribution is 2.21. The predicted molar refractivity (Wildman–Crippen MR) is 89.9 cm³/mol. The summed E-state index contributed by atoms with van der Waals surface area (Å²) in [6.07, 6.45) is 6.48. The van der Waals surface area contributed by atoms with Crippen LogP contribution in [0.4, 0.5) is 4.39 Å². The third kappa shape index (κ3) is 3.02. The lowest BCUT2D eigenvalue weighted by molar-refractivity contribution is 0.163. The van der Waals surface area contributed by atoms with Gasteiger partial charge in [-0.1, -0.05) is 24.3 Å². The summed E-state index contributed by atoms with van der Waals surface area (Å²) in [7, 11) is 0. The topological polar surface area (TPSA) is 17.4 Å². The molecule has 1 saturated heterocycles. The molecule has 23 heavy (non-hydrogen) atoms. The minimum absolute atomic E-state index is 0.196. The molecule has 4 heteroatoms. The summed E-state index contributed by atoms with van der Waals surface area (Å²) in [6, 6.07) is 14.7. The average molecular weight is 310 g/mol. The van der Waals surface area contributed by atoms with Gasteiger partial charge in [0.25, 0.3) is 0 Å². The quantitative estimate of drug-likeness (QED) is 0.728. The molecule has 0 amide bonds. The van der Waals surface area contributed by atoms with E-state index >= 15 is 0 Å². The molecule has 1 aliphatic heterocycles. The van der Waals surface area contributed by atoms with Crippen molar-refractivity contribution in [3.05, 3.63) is 66.7 Å². The first-order chi connectivity index (χ1) is 11.3. The van der Waals surface area contributed by atoms with Crippen molar-refractivity contribution in [2.75, 3.05) is 18.1 Å². The van der Waals surface area contributed by atoms with Gasteiger partial charge in [-0.05, 0) is 24.3 Å². The maximum absolute atomic E-state index is 12.9. The average Bonchev–Trinajstić information content (AvgIpc) is 3.02. The first-order valence-electron chi connectivity index (χ1n) is 8.02. The van der Waals surface area contributed by atoms with Crippen LogP contribution in [0, 0.1) is 5.82 Å². The Labute approximate surface area is 134 Å². The van der Waals surface area contributed by atoms with Gasteiger partial charge in [0.2, 0.25) is 0 Å². The molecule has 4 rings (SSSR count). The Balaban J connectivity index is 1.39. The molecule has 0 spiro atoms. The first kappa shape index (κ1) is 14.1. The number of aromatic nitrogens is 1. The second-order valence-corrected chi connectivity index (χ2v) is 5.99. The number of nitrogens with zero attached hydrogens (tertiary/aromatic N) is 2. The minimum atomic E-state index is -0.230. The van der Waals surface area contributed by atoms with Crippen molar-refractivity contribution in [3.8, 4) is 5.75 Å². The number of hydrogen-bond donors (Lipinski definition) is 0. The molecule has 1 aromatic heterocycles. The standard InChI is InChI=1S/C19H19FN2O/c20-17-5-7-18(8-6-17)23-19-9-11-21(12-10-19)22-13-15-3-1-2-4-16(15)14-22/h1-8,13-14,19H,9-12H2. The Hall–Kier alpha value is -2.49. The fourth-order valence-electron chi connectivity index (χ4n) is 3.13. The van der Waals surface area contributed by atoms with E-state index in [1.165, 1.54) is 22.9 Å². The third-order valence-electron chi connectivity index (χ3n) is 4.40. The fourth-order valence-corrected chi connectivity index (χ4v) is 3.13. The van der Waals surface area contributed by atoms with Gasteiger partial charge in [0.15, 0.2) is 0 Å². The van der Waals surface area contributed by atoms with Crippen LogP contribution < -0.4 is 9.75 Å². The molecule has 0 bridgehead atoms. The molecule has 0 aliphatic carbocycles. The zero-order chi connectivity index (χ0) is 15.6. The smallest absolute Gasteiger partial charge is 0.123 e. The Kier molecular flexibility index (Phi) is 3.66. The normalized spacial score (nSPS) is 16.0. The number of hydrogen-bond acceptors (Lipinski definition) is 2. The van der Waals surface area contributed by atoms with Gasteiger partial charge in [-0.25, -0.2) is 4.39 Å². The van der Waals surface area contributed by atoms with E-state index in [0.717, 1.165) is 31.7 Å². The minimum Gasteiger partial charge on any atom is -0.490 e. The van der Waals surface area contributed by atoms with E-state index in [-0.39, 0.29) is 11.9 Å². The lowest BCUT2D eigenvalue weighted by Gasteiger charge is -2.34. The number of rotatable bonds is 3. The van der Waals surface area contributed by atoms with Crippen LogP contribution in [-0.4, -0.2) is 23.9 Å². The number of benzene rings is 2. The molecule has 0 unspecified atom stereocenters. The molecule has 1 fully saturated rings. The number of fused-ring (bicyclic) bond motifs is 1. The maximum Gasteiger partial charge on any atom is 0.123 e. The van der Waals surface area contributed by atoms with Crippen molar-refractivity contribution >= 4 is 10.8 Å². The monoisotopic (exact) mass is 310 g/mol. The summed E-state index contributed by atoms with van der Waals surface area (Å²) < 4.78 is 21.1. The molecule has 3 aromatic rings. The maximum atomic E-state index is 12.9. The highest BCUT2D eigenvalue weighted by atomic mass is 19.1. The Bertz CT molecular complexity index is 755. The van der Waals surface area contributed by atoms with Crippen LogP contribution in [0.3, 0.4) is 0 Å². The summed E-state index contributed by atoms with van der Waals surface area (Å²) in [4.78, 5) is 0. The van der Waals surface area contributed by atoms with E-state index in [0.29, 0.717) is 0 Å². The molecule has 0 N–H and O–H groups in total. The molecular formula is C19H19FN2O. The zero-order valence-corrected chi connectivity index (χ0v) is 12.9. The van der Waals surface area contributed by atoms with Crippen molar-refractivity contribution in [3.63, 3.8) is 0 Å². The number of piperidine rings is 1. The molecule has 3 nitrogen and oxygen atoms in total. The van der Waals surface area contributed by atoms with E-state index in [4.69, 9.17) is 4.74 Å². The van der Waals surface area contributed by atoms with Crippen LogP contribution in [0.5, 0.6) is 5.75 Å². The van der Waals surface area contributed by atoms with Crippen molar-refractivity contribution in [2.45, 2.75) is 18.9 Å². The van der Waals surface area contributed by atoms with E-state index in [1.807, 2.05) is 0 Å². The molecule has 2 heterocycles.